The molecule has 0 spiro atoms. The summed E-state index contributed by atoms with van der Waals surface area (Å²) >= 11 is 1.82. The van der Waals surface area contributed by atoms with Crippen molar-refractivity contribution in [1.29, 1.82) is 0 Å². The molecule has 1 nitrogen and oxygen atoms in total. The second-order valence-corrected chi connectivity index (χ2v) is 2.72. The number of aromatic nitrogens is 1. The Morgan fingerprint density at radius 2 is 2.62 bits per heavy atom. The van der Waals surface area contributed by atoms with Crippen LogP contribution >= 0.6 is 11.8 Å². The fraction of sp³-hybridized carbons (Fsp3) is 0.167. The van der Waals surface area contributed by atoms with Gasteiger partial charge < -0.3 is 0 Å². The van der Waals surface area contributed by atoms with E-state index in [1.54, 1.807) is 0 Å². The summed E-state index contributed by atoms with van der Waals surface area (Å²) in [5.41, 5.74) is 1.40. The number of pyridine rings is 1. The van der Waals surface area contributed by atoms with Gasteiger partial charge in [-0.05, 0) is 11.6 Å². The SMILES string of the molecule is c1cnc2c(c1)CS2. The standard InChI is InChI=1S/C6H5NS/c1-2-5-4-8-6(5)7-3-1/h1-3H,4H2. The van der Waals surface area contributed by atoms with E-state index < -0.39 is 0 Å². The molecule has 2 heterocycles. The van der Waals surface area contributed by atoms with Crippen LogP contribution in [0.4, 0.5) is 0 Å². The largest absolute Gasteiger partial charge is 0.250 e. The number of hydrogen-bond donors (Lipinski definition) is 0. The summed E-state index contributed by atoms with van der Waals surface area (Å²) in [6.45, 7) is 0. The van der Waals surface area contributed by atoms with Gasteiger partial charge in [-0.2, -0.15) is 0 Å². The van der Waals surface area contributed by atoms with Crippen molar-refractivity contribution in [2.75, 3.05) is 0 Å². The quantitative estimate of drug-likeness (QED) is 0.520. The van der Waals surface area contributed by atoms with Crippen LogP contribution in [-0.2, 0) is 5.75 Å². The molecule has 0 N–H and O–H groups in total. The Morgan fingerprint density at radius 3 is 3.00 bits per heavy atom. The molecule has 1 aliphatic heterocycles. The van der Waals surface area contributed by atoms with Crippen molar-refractivity contribution in [1.82, 2.24) is 4.98 Å². The molecule has 0 fully saturated rings. The van der Waals surface area contributed by atoms with Gasteiger partial charge >= 0.3 is 0 Å². The monoisotopic (exact) mass is 123 g/mol. The Kier molecular flexibility index (Phi) is 0.815. The van der Waals surface area contributed by atoms with Crippen LogP contribution in [0.25, 0.3) is 0 Å². The van der Waals surface area contributed by atoms with Crippen molar-refractivity contribution in [2.45, 2.75) is 10.8 Å². The van der Waals surface area contributed by atoms with E-state index in [1.807, 2.05) is 24.0 Å². The molecular weight excluding hydrogens is 118 g/mol. The lowest BCUT2D eigenvalue weighted by molar-refractivity contribution is 1.03. The van der Waals surface area contributed by atoms with Gasteiger partial charge in [0.25, 0.3) is 0 Å². The molecule has 0 amide bonds. The van der Waals surface area contributed by atoms with Crippen LogP contribution in [0.3, 0.4) is 0 Å². The summed E-state index contributed by atoms with van der Waals surface area (Å²) in [6, 6.07) is 4.11. The van der Waals surface area contributed by atoms with E-state index in [0.29, 0.717) is 0 Å². The van der Waals surface area contributed by atoms with E-state index in [0.717, 1.165) is 5.75 Å². The molecule has 0 unspecified atom stereocenters. The van der Waals surface area contributed by atoms with Crippen LogP contribution in [0, 0.1) is 0 Å². The second-order valence-electron chi connectivity index (χ2n) is 1.76. The van der Waals surface area contributed by atoms with Crippen molar-refractivity contribution >= 4 is 11.8 Å². The van der Waals surface area contributed by atoms with Gasteiger partial charge in [0, 0.05) is 11.9 Å². The average molecular weight is 123 g/mol. The first-order valence-electron chi connectivity index (χ1n) is 2.53. The zero-order valence-corrected chi connectivity index (χ0v) is 5.11. The molecule has 0 aromatic carbocycles. The lowest BCUT2D eigenvalue weighted by Crippen LogP contribution is -1.97. The van der Waals surface area contributed by atoms with Gasteiger partial charge in [-0.15, -0.1) is 11.8 Å². The molecule has 2 heteroatoms. The molecule has 40 valence electrons. The number of nitrogens with zero attached hydrogens (tertiary/aromatic N) is 1. The van der Waals surface area contributed by atoms with Crippen LogP contribution < -0.4 is 0 Å². The summed E-state index contributed by atoms with van der Waals surface area (Å²) in [5, 5.41) is 1.22. The zero-order valence-electron chi connectivity index (χ0n) is 4.29. The minimum Gasteiger partial charge on any atom is -0.250 e. The summed E-state index contributed by atoms with van der Waals surface area (Å²) in [5.74, 6) is 1.16. The summed E-state index contributed by atoms with van der Waals surface area (Å²) in [6.07, 6.45) is 1.84. The van der Waals surface area contributed by atoms with Crippen LogP contribution in [-0.4, -0.2) is 4.98 Å². The van der Waals surface area contributed by atoms with Crippen molar-refractivity contribution in [3.05, 3.63) is 23.9 Å². The lowest BCUT2D eigenvalue weighted by atomic mass is 10.3. The van der Waals surface area contributed by atoms with Crippen LogP contribution in [0.1, 0.15) is 5.56 Å². The maximum absolute atomic E-state index is 4.13. The Hall–Kier alpha value is -0.500. The Balaban J connectivity index is 2.62. The molecule has 0 saturated carbocycles. The minimum atomic E-state index is 1.16. The molecular formula is C6H5NS. The van der Waals surface area contributed by atoms with Crippen molar-refractivity contribution in [2.24, 2.45) is 0 Å². The molecule has 8 heavy (non-hydrogen) atoms. The van der Waals surface area contributed by atoms with Gasteiger partial charge in [0.05, 0.1) is 0 Å². The number of fused-ring (bicyclic) bond motifs is 1. The molecule has 1 aromatic heterocycles. The maximum Gasteiger partial charge on any atom is 0.100 e. The van der Waals surface area contributed by atoms with E-state index in [9.17, 15) is 0 Å². The first-order chi connectivity index (χ1) is 3.97. The van der Waals surface area contributed by atoms with Crippen LogP contribution in [0.5, 0.6) is 0 Å². The number of hydrogen-bond acceptors (Lipinski definition) is 2. The third kappa shape index (κ3) is 0.464. The molecule has 0 bridgehead atoms. The van der Waals surface area contributed by atoms with Crippen LogP contribution in [0.15, 0.2) is 23.4 Å². The lowest BCUT2D eigenvalue weighted by Gasteiger charge is -2.13. The van der Waals surface area contributed by atoms with Crippen molar-refractivity contribution in [3.8, 4) is 0 Å². The smallest absolute Gasteiger partial charge is 0.100 e. The minimum absolute atomic E-state index is 1.16. The van der Waals surface area contributed by atoms with Gasteiger partial charge in [0.1, 0.15) is 5.03 Å². The first kappa shape index (κ1) is 4.39. The summed E-state index contributed by atoms with van der Waals surface area (Å²) in [7, 11) is 0. The molecule has 1 aromatic rings. The fourth-order valence-corrected chi connectivity index (χ4v) is 1.47. The van der Waals surface area contributed by atoms with Gasteiger partial charge in [-0.25, -0.2) is 4.98 Å². The van der Waals surface area contributed by atoms with E-state index in [-0.39, 0.29) is 0 Å². The predicted octanol–water partition coefficient (Wildman–Crippen LogP) is 1.69. The maximum atomic E-state index is 4.13. The predicted molar refractivity (Wildman–Crippen MR) is 33.8 cm³/mol. The molecule has 2 rings (SSSR count). The Labute approximate surface area is 52.1 Å². The first-order valence-corrected chi connectivity index (χ1v) is 3.52. The Bertz CT molecular complexity index is 186. The third-order valence-corrected chi connectivity index (χ3v) is 2.31. The molecule has 0 saturated heterocycles. The average Bonchev–Trinajstić information content (AvgIpc) is 1.72. The number of rotatable bonds is 0. The number of thioether (sulfide) groups is 1. The highest BCUT2D eigenvalue weighted by atomic mass is 32.2. The van der Waals surface area contributed by atoms with Gasteiger partial charge in [-0.1, -0.05) is 6.07 Å². The van der Waals surface area contributed by atoms with Crippen LogP contribution in [0.2, 0.25) is 0 Å². The zero-order chi connectivity index (χ0) is 5.40. The van der Waals surface area contributed by atoms with E-state index in [4.69, 9.17) is 0 Å². The van der Waals surface area contributed by atoms with Gasteiger partial charge in [0.2, 0.25) is 0 Å². The van der Waals surface area contributed by atoms with Gasteiger partial charge in [-0.3, -0.25) is 0 Å². The second kappa shape index (κ2) is 1.49. The summed E-state index contributed by atoms with van der Waals surface area (Å²) in [4.78, 5) is 4.13. The van der Waals surface area contributed by atoms with Crippen molar-refractivity contribution in [3.63, 3.8) is 0 Å². The van der Waals surface area contributed by atoms with Crippen molar-refractivity contribution < 1.29 is 0 Å². The molecule has 0 radical (unpaired) electrons. The van der Waals surface area contributed by atoms with Gasteiger partial charge in [0.15, 0.2) is 0 Å². The van der Waals surface area contributed by atoms with E-state index >= 15 is 0 Å². The highest BCUT2D eigenvalue weighted by Gasteiger charge is 2.12. The molecule has 0 aliphatic carbocycles. The fourth-order valence-electron chi connectivity index (χ4n) is 0.730. The highest BCUT2D eigenvalue weighted by molar-refractivity contribution is 7.99. The van der Waals surface area contributed by atoms with E-state index in [1.165, 1.54) is 10.6 Å². The Morgan fingerprint density at radius 1 is 1.62 bits per heavy atom. The third-order valence-electron chi connectivity index (χ3n) is 1.21. The topological polar surface area (TPSA) is 12.9 Å². The molecule has 0 atom stereocenters. The highest BCUT2D eigenvalue weighted by Crippen LogP contribution is 2.34. The normalized spacial score (nSPS) is 14.5. The molecule has 1 aliphatic rings. The van der Waals surface area contributed by atoms with E-state index in [2.05, 4.69) is 11.1 Å². The summed E-state index contributed by atoms with van der Waals surface area (Å²) < 4.78 is 0.